The van der Waals surface area contributed by atoms with Gasteiger partial charge in [-0.1, -0.05) is 6.07 Å². The summed E-state index contributed by atoms with van der Waals surface area (Å²) in [6, 6.07) is 13.4. The first kappa shape index (κ1) is 20.2. The van der Waals surface area contributed by atoms with Crippen LogP contribution in [0.15, 0.2) is 64.6 Å². The van der Waals surface area contributed by atoms with E-state index in [0.717, 1.165) is 0 Å². The van der Waals surface area contributed by atoms with Gasteiger partial charge in [0.2, 0.25) is 5.91 Å². The van der Waals surface area contributed by atoms with Crippen LogP contribution in [0.4, 0.5) is 16.2 Å². The van der Waals surface area contributed by atoms with E-state index in [2.05, 4.69) is 21.3 Å². The molecule has 0 aliphatic rings. The predicted octanol–water partition coefficient (Wildman–Crippen LogP) is 3.42. The summed E-state index contributed by atoms with van der Waals surface area (Å²) < 4.78 is 5.14. The van der Waals surface area contributed by atoms with Gasteiger partial charge in [0.05, 0.1) is 17.7 Å². The number of urea groups is 1. The molecule has 0 atom stereocenters. The molecular formula is C20H20N4O4S. The van der Waals surface area contributed by atoms with E-state index >= 15 is 0 Å². The summed E-state index contributed by atoms with van der Waals surface area (Å²) in [6.45, 7) is 0.536. The van der Waals surface area contributed by atoms with E-state index in [9.17, 15) is 14.4 Å². The maximum Gasteiger partial charge on any atom is 0.319 e. The lowest BCUT2D eigenvalue weighted by Gasteiger charge is -2.09. The van der Waals surface area contributed by atoms with E-state index in [1.54, 1.807) is 54.8 Å². The van der Waals surface area contributed by atoms with Crippen LogP contribution in [0.2, 0.25) is 0 Å². The van der Waals surface area contributed by atoms with Crippen LogP contribution in [0.3, 0.4) is 0 Å². The number of rotatable bonds is 8. The zero-order chi connectivity index (χ0) is 20.5. The second-order valence-corrected chi connectivity index (χ2v) is 6.94. The molecule has 0 saturated carbocycles. The first-order chi connectivity index (χ1) is 14.1. The number of hydrogen-bond donors (Lipinski definition) is 4. The van der Waals surface area contributed by atoms with Gasteiger partial charge in [0.25, 0.3) is 5.91 Å². The van der Waals surface area contributed by atoms with Crippen LogP contribution in [-0.4, -0.2) is 24.4 Å². The number of thiophene rings is 1. The standard InChI is InChI=1S/C20H20N4O4S/c25-18(9-10-21-19(26)17-4-2-12-29-17)23-14-5-7-15(8-6-14)24-20(27)22-13-16-3-1-11-28-16/h1-8,11-12H,9-10,13H2,(H,21,26)(H,23,25)(H2,22,24,27). The molecule has 29 heavy (non-hydrogen) atoms. The number of carbonyl (C=O) groups is 3. The molecule has 2 heterocycles. The maximum absolute atomic E-state index is 12.0. The Balaban J connectivity index is 1.37. The number of anilines is 2. The maximum atomic E-state index is 12.0. The van der Waals surface area contributed by atoms with Crippen molar-refractivity contribution in [1.29, 1.82) is 0 Å². The monoisotopic (exact) mass is 412 g/mol. The number of hydrogen-bond acceptors (Lipinski definition) is 5. The Labute approximate surface area is 171 Å². The largest absolute Gasteiger partial charge is 0.467 e. The number of benzene rings is 1. The Kier molecular flexibility index (Phi) is 7.01. The Morgan fingerprint density at radius 2 is 1.66 bits per heavy atom. The molecule has 150 valence electrons. The average Bonchev–Trinajstić information content (AvgIpc) is 3.42. The highest BCUT2D eigenvalue weighted by atomic mass is 32.1. The van der Waals surface area contributed by atoms with Crippen molar-refractivity contribution in [2.24, 2.45) is 0 Å². The molecule has 3 aromatic rings. The molecule has 4 N–H and O–H groups in total. The molecule has 0 bridgehead atoms. The summed E-state index contributed by atoms with van der Waals surface area (Å²) in [5, 5.41) is 12.6. The molecule has 1 aromatic carbocycles. The van der Waals surface area contributed by atoms with E-state index in [0.29, 0.717) is 22.0 Å². The molecule has 4 amide bonds. The average molecular weight is 412 g/mol. The number of nitrogens with one attached hydrogen (secondary N) is 4. The SMILES string of the molecule is O=C(CCNC(=O)c1cccs1)Nc1ccc(NC(=O)NCc2ccco2)cc1. The van der Waals surface area contributed by atoms with Gasteiger partial charge in [0.15, 0.2) is 0 Å². The van der Waals surface area contributed by atoms with Crippen LogP contribution in [0, 0.1) is 0 Å². The lowest BCUT2D eigenvalue weighted by atomic mass is 10.2. The summed E-state index contributed by atoms with van der Waals surface area (Å²) in [7, 11) is 0. The van der Waals surface area contributed by atoms with Crippen LogP contribution >= 0.6 is 11.3 Å². The van der Waals surface area contributed by atoms with Crippen molar-refractivity contribution in [3.63, 3.8) is 0 Å². The highest BCUT2D eigenvalue weighted by molar-refractivity contribution is 7.12. The fourth-order valence-corrected chi connectivity index (χ4v) is 3.04. The minimum absolute atomic E-state index is 0.159. The third kappa shape index (κ3) is 6.51. The highest BCUT2D eigenvalue weighted by Crippen LogP contribution is 2.14. The van der Waals surface area contributed by atoms with Crippen molar-refractivity contribution in [3.8, 4) is 0 Å². The van der Waals surface area contributed by atoms with E-state index in [1.807, 2.05) is 5.38 Å². The van der Waals surface area contributed by atoms with Crippen LogP contribution in [0.25, 0.3) is 0 Å². The quantitative estimate of drug-likeness (QED) is 0.454. The second-order valence-electron chi connectivity index (χ2n) is 6.00. The fraction of sp³-hybridized carbons (Fsp3) is 0.150. The van der Waals surface area contributed by atoms with Crippen molar-refractivity contribution >= 4 is 40.6 Å². The first-order valence-corrected chi connectivity index (χ1v) is 9.77. The fourth-order valence-electron chi connectivity index (χ4n) is 2.40. The van der Waals surface area contributed by atoms with Crippen LogP contribution in [0.1, 0.15) is 21.9 Å². The van der Waals surface area contributed by atoms with Crippen LogP contribution in [0.5, 0.6) is 0 Å². The van der Waals surface area contributed by atoms with Gasteiger partial charge in [-0.15, -0.1) is 11.3 Å². The Bertz CT molecular complexity index is 938. The highest BCUT2D eigenvalue weighted by Gasteiger charge is 2.08. The van der Waals surface area contributed by atoms with Crippen molar-refractivity contribution in [1.82, 2.24) is 10.6 Å². The van der Waals surface area contributed by atoms with Gasteiger partial charge >= 0.3 is 6.03 Å². The van der Waals surface area contributed by atoms with Crippen LogP contribution in [-0.2, 0) is 11.3 Å². The van der Waals surface area contributed by atoms with Gasteiger partial charge in [-0.25, -0.2) is 4.79 Å². The summed E-state index contributed by atoms with van der Waals surface area (Å²) in [6.07, 6.45) is 1.70. The third-order valence-corrected chi connectivity index (χ3v) is 4.68. The molecule has 3 rings (SSSR count). The summed E-state index contributed by atoms with van der Waals surface area (Å²) in [4.78, 5) is 36.3. The number of furan rings is 1. The summed E-state index contributed by atoms with van der Waals surface area (Å²) >= 11 is 1.35. The topological polar surface area (TPSA) is 112 Å². The Morgan fingerprint density at radius 3 is 2.31 bits per heavy atom. The lowest BCUT2D eigenvalue weighted by Crippen LogP contribution is -2.28. The van der Waals surface area contributed by atoms with Gasteiger partial charge in [0.1, 0.15) is 5.76 Å². The van der Waals surface area contributed by atoms with Crippen molar-refractivity contribution in [2.45, 2.75) is 13.0 Å². The van der Waals surface area contributed by atoms with Gasteiger partial charge in [-0.05, 0) is 47.8 Å². The Hall–Kier alpha value is -3.59. The molecule has 9 heteroatoms. The van der Waals surface area contributed by atoms with Crippen molar-refractivity contribution in [2.75, 3.05) is 17.2 Å². The van der Waals surface area contributed by atoms with E-state index in [1.165, 1.54) is 11.3 Å². The van der Waals surface area contributed by atoms with Gasteiger partial charge in [-0.2, -0.15) is 0 Å². The minimum atomic E-state index is -0.361. The molecule has 8 nitrogen and oxygen atoms in total. The molecule has 0 fully saturated rings. The number of carbonyl (C=O) groups excluding carboxylic acids is 3. The molecule has 0 aliphatic carbocycles. The normalized spacial score (nSPS) is 10.2. The minimum Gasteiger partial charge on any atom is -0.467 e. The zero-order valence-corrected chi connectivity index (χ0v) is 16.3. The molecule has 0 radical (unpaired) electrons. The summed E-state index contributed by atoms with van der Waals surface area (Å²) in [5.74, 6) is 0.256. The smallest absolute Gasteiger partial charge is 0.319 e. The van der Waals surface area contributed by atoms with Crippen LogP contribution < -0.4 is 21.3 Å². The van der Waals surface area contributed by atoms with Crippen molar-refractivity contribution < 1.29 is 18.8 Å². The molecule has 0 spiro atoms. The van der Waals surface area contributed by atoms with Gasteiger partial charge in [0, 0.05) is 24.3 Å². The molecule has 2 aromatic heterocycles. The first-order valence-electron chi connectivity index (χ1n) is 8.89. The molecule has 0 saturated heterocycles. The molecular weight excluding hydrogens is 392 g/mol. The van der Waals surface area contributed by atoms with E-state index < -0.39 is 0 Å². The third-order valence-electron chi connectivity index (χ3n) is 3.81. The zero-order valence-electron chi connectivity index (χ0n) is 15.4. The molecule has 0 unspecified atom stereocenters. The van der Waals surface area contributed by atoms with E-state index in [-0.39, 0.29) is 37.4 Å². The van der Waals surface area contributed by atoms with E-state index in [4.69, 9.17) is 4.42 Å². The summed E-state index contributed by atoms with van der Waals surface area (Å²) in [5.41, 5.74) is 1.18. The molecule has 0 aliphatic heterocycles. The van der Waals surface area contributed by atoms with Crippen molar-refractivity contribution in [3.05, 3.63) is 70.8 Å². The lowest BCUT2D eigenvalue weighted by molar-refractivity contribution is -0.116. The van der Waals surface area contributed by atoms with Gasteiger partial charge < -0.3 is 25.7 Å². The Morgan fingerprint density at radius 1 is 0.897 bits per heavy atom. The second kappa shape index (κ2) is 10.1. The van der Waals surface area contributed by atoms with Gasteiger partial charge in [-0.3, -0.25) is 9.59 Å². The number of amides is 4. The predicted molar refractivity (Wildman–Crippen MR) is 111 cm³/mol.